The van der Waals surface area contributed by atoms with Crippen LogP contribution in [0.1, 0.15) is 37.1 Å². The average Bonchev–Trinajstić information content (AvgIpc) is 2.38. The van der Waals surface area contributed by atoms with Gasteiger partial charge in [-0.1, -0.05) is 0 Å². The Hall–Kier alpha value is -2.50. The van der Waals surface area contributed by atoms with Crippen LogP contribution in [0.5, 0.6) is 0 Å². The van der Waals surface area contributed by atoms with Crippen LogP contribution in [-0.2, 0) is 0 Å². The van der Waals surface area contributed by atoms with Gasteiger partial charge in [-0.05, 0) is 52.0 Å². The van der Waals surface area contributed by atoms with Crippen molar-refractivity contribution < 1.29 is 9.18 Å². The van der Waals surface area contributed by atoms with E-state index in [0.29, 0.717) is 17.3 Å². The Kier molecular flexibility index (Phi) is 4.40. The number of halogens is 1. The highest BCUT2D eigenvalue weighted by Gasteiger charge is 2.15. The van der Waals surface area contributed by atoms with Crippen molar-refractivity contribution in [1.82, 2.24) is 9.97 Å². The Balaban J connectivity index is 2.20. The second kappa shape index (κ2) is 6.09. The lowest BCUT2D eigenvalue weighted by Gasteiger charge is -2.21. The molecule has 5 nitrogen and oxygen atoms in total. The first-order valence-corrected chi connectivity index (χ1v) is 6.94. The smallest absolute Gasteiger partial charge is 0.274 e. The number of carbonyl (C=O) groups excluding carboxylic acids is 1. The lowest BCUT2D eigenvalue weighted by atomic mass is 10.1. The zero-order valence-corrected chi connectivity index (χ0v) is 13.1. The minimum absolute atomic E-state index is 0.175. The standard InChI is InChI=1S/C16H19FN4O/c1-10-18-13(9-14(19-10)21-16(2,3)4)15(22)20-12-7-5-11(17)6-8-12/h5-9H,1-4H3,(H,20,22)(H,18,19,21). The van der Waals surface area contributed by atoms with Gasteiger partial charge in [0, 0.05) is 17.3 Å². The molecule has 1 heterocycles. The van der Waals surface area contributed by atoms with Gasteiger partial charge in [0.2, 0.25) is 0 Å². The average molecular weight is 302 g/mol. The molecule has 0 saturated carbocycles. The maximum Gasteiger partial charge on any atom is 0.274 e. The number of aromatic nitrogens is 2. The fraction of sp³-hybridized carbons (Fsp3) is 0.312. The summed E-state index contributed by atoms with van der Waals surface area (Å²) in [6, 6.07) is 7.16. The van der Waals surface area contributed by atoms with E-state index in [1.54, 1.807) is 13.0 Å². The molecule has 116 valence electrons. The molecule has 0 aliphatic rings. The molecule has 0 saturated heterocycles. The van der Waals surface area contributed by atoms with E-state index in [4.69, 9.17) is 0 Å². The highest BCUT2D eigenvalue weighted by Crippen LogP contribution is 2.15. The Bertz CT molecular complexity index is 678. The van der Waals surface area contributed by atoms with Gasteiger partial charge in [0.25, 0.3) is 5.91 Å². The predicted octanol–water partition coefficient (Wildman–Crippen LogP) is 3.39. The van der Waals surface area contributed by atoms with Gasteiger partial charge in [-0.2, -0.15) is 0 Å². The summed E-state index contributed by atoms with van der Waals surface area (Å²) < 4.78 is 12.9. The molecule has 6 heteroatoms. The van der Waals surface area contributed by atoms with Crippen molar-refractivity contribution >= 4 is 17.4 Å². The molecule has 0 spiro atoms. The summed E-state index contributed by atoms with van der Waals surface area (Å²) in [5.74, 6) is 0.365. The number of hydrogen-bond donors (Lipinski definition) is 2. The summed E-state index contributed by atoms with van der Waals surface area (Å²) in [4.78, 5) is 20.7. The van der Waals surface area contributed by atoms with Gasteiger partial charge in [-0.3, -0.25) is 4.79 Å². The summed E-state index contributed by atoms with van der Waals surface area (Å²) in [6.07, 6.45) is 0. The van der Waals surface area contributed by atoms with Gasteiger partial charge < -0.3 is 10.6 Å². The Morgan fingerprint density at radius 3 is 2.36 bits per heavy atom. The summed E-state index contributed by atoms with van der Waals surface area (Å²) in [5.41, 5.74) is 0.586. The van der Waals surface area contributed by atoms with Crippen molar-refractivity contribution in [2.75, 3.05) is 10.6 Å². The summed E-state index contributed by atoms with van der Waals surface area (Å²) in [7, 11) is 0. The molecule has 1 aromatic heterocycles. The minimum Gasteiger partial charge on any atom is -0.365 e. The first-order valence-electron chi connectivity index (χ1n) is 6.94. The van der Waals surface area contributed by atoms with Crippen LogP contribution in [-0.4, -0.2) is 21.4 Å². The van der Waals surface area contributed by atoms with Crippen molar-refractivity contribution in [2.24, 2.45) is 0 Å². The molecule has 2 N–H and O–H groups in total. The van der Waals surface area contributed by atoms with E-state index in [-0.39, 0.29) is 23.0 Å². The largest absolute Gasteiger partial charge is 0.365 e. The first-order chi connectivity index (χ1) is 10.2. The molecule has 0 radical (unpaired) electrons. The number of hydrogen-bond acceptors (Lipinski definition) is 4. The van der Waals surface area contributed by atoms with Crippen LogP contribution in [0.15, 0.2) is 30.3 Å². The van der Waals surface area contributed by atoms with Crippen LogP contribution in [0.3, 0.4) is 0 Å². The monoisotopic (exact) mass is 302 g/mol. The third-order valence-corrected chi connectivity index (χ3v) is 2.68. The summed E-state index contributed by atoms with van der Waals surface area (Å²) >= 11 is 0. The van der Waals surface area contributed by atoms with E-state index in [9.17, 15) is 9.18 Å². The molecule has 0 aliphatic heterocycles. The van der Waals surface area contributed by atoms with Gasteiger partial charge >= 0.3 is 0 Å². The van der Waals surface area contributed by atoms with Crippen molar-refractivity contribution in [3.8, 4) is 0 Å². The van der Waals surface area contributed by atoms with Crippen molar-refractivity contribution in [3.05, 3.63) is 47.7 Å². The maximum absolute atomic E-state index is 12.9. The van der Waals surface area contributed by atoms with Crippen molar-refractivity contribution in [1.29, 1.82) is 0 Å². The predicted molar refractivity (Wildman–Crippen MR) is 84.5 cm³/mol. The fourth-order valence-electron chi connectivity index (χ4n) is 1.86. The van der Waals surface area contributed by atoms with Gasteiger partial charge in [0.05, 0.1) is 0 Å². The van der Waals surface area contributed by atoms with E-state index in [0.717, 1.165) is 0 Å². The molecular formula is C16H19FN4O. The van der Waals surface area contributed by atoms with E-state index in [1.165, 1.54) is 24.3 Å². The van der Waals surface area contributed by atoms with Gasteiger partial charge in [-0.25, -0.2) is 14.4 Å². The molecule has 1 aromatic carbocycles. The quantitative estimate of drug-likeness (QED) is 0.912. The van der Waals surface area contributed by atoms with Crippen LogP contribution in [0, 0.1) is 12.7 Å². The van der Waals surface area contributed by atoms with Gasteiger partial charge in [0.15, 0.2) is 0 Å². The normalized spacial score (nSPS) is 11.1. The number of rotatable bonds is 3. The van der Waals surface area contributed by atoms with Gasteiger partial charge in [-0.15, -0.1) is 0 Å². The third kappa shape index (κ3) is 4.51. The number of aryl methyl sites for hydroxylation is 1. The number of anilines is 2. The van der Waals surface area contributed by atoms with Crippen LogP contribution in [0.25, 0.3) is 0 Å². The molecule has 1 amide bonds. The van der Waals surface area contributed by atoms with E-state index >= 15 is 0 Å². The van der Waals surface area contributed by atoms with Crippen LogP contribution < -0.4 is 10.6 Å². The molecule has 0 fully saturated rings. The number of nitrogens with zero attached hydrogens (tertiary/aromatic N) is 2. The molecule has 2 aromatic rings. The Morgan fingerprint density at radius 1 is 1.14 bits per heavy atom. The van der Waals surface area contributed by atoms with E-state index in [2.05, 4.69) is 20.6 Å². The van der Waals surface area contributed by atoms with Crippen LogP contribution in [0.2, 0.25) is 0 Å². The lowest BCUT2D eigenvalue weighted by Crippen LogP contribution is -2.27. The zero-order chi connectivity index (χ0) is 16.3. The summed E-state index contributed by atoms with van der Waals surface area (Å²) in [5, 5.41) is 5.89. The molecule has 0 bridgehead atoms. The molecule has 0 aliphatic carbocycles. The molecule has 2 rings (SSSR count). The zero-order valence-electron chi connectivity index (χ0n) is 13.1. The third-order valence-electron chi connectivity index (χ3n) is 2.68. The summed E-state index contributed by atoms with van der Waals surface area (Å²) in [6.45, 7) is 7.73. The first kappa shape index (κ1) is 15.9. The SMILES string of the molecule is Cc1nc(NC(C)(C)C)cc(C(=O)Nc2ccc(F)cc2)n1. The van der Waals surface area contributed by atoms with E-state index < -0.39 is 0 Å². The van der Waals surface area contributed by atoms with E-state index in [1.807, 2.05) is 20.8 Å². The molecule has 0 atom stereocenters. The second-order valence-corrected chi connectivity index (χ2v) is 6.02. The molecular weight excluding hydrogens is 283 g/mol. The molecule has 22 heavy (non-hydrogen) atoms. The topological polar surface area (TPSA) is 66.9 Å². The fourth-order valence-corrected chi connectivity index (χ4v) is 1.86. The number of carbonyl (C=O) groups is 1. The maximum atomic E-state index is 12.9. The minimum atomic E-state index is -0.367. The van der Waals surface area contributed by atoms with Gasteiger partial charge in [0.1, 0.15) is 23.2 Å². The number of nitrogens with one attached hydrogen (secondary N) is 2. The van der Waals surface area contributed by atoms with Crippen LogP contribution >= 0.6 is 0 Å². The highest BCUT2D eigenvalue weighted by atomic mass is 19.1. The Labute approximate surface area is 129 Å². The molecule has 0 unspecified atom stereocenters. The van der Waals surface area contributed by atoms with Crippen molar-refractivity contribution in [2.45, 2.75) is 33.2 Å². The second-order valence-electron chi connectivity index (χ2n) is 6.02. The number of amides is 1. The van der Waals surface area contributed by atoms with Crippen molar-refractivity contribution in [3.63, 3.8) is 0 Å². The number of benzene rings is 1. The van der Waals surface area contributed by atoms with Crippen LogP contribution in [0.4, 0.5) is 15.9 Å². The highest BCUT2D eigenvalue weighted by molar-refractivity contribution is 6.03. The Morgan fingerprint density at radius 2 is 1.77 bits per heavy atom. The lowest BCUT2D eigenvalue weighted by molar-refractivity contribution is 0.102.